The van der Waals surface area contributed by atoms with Gasteiger partial charge in [0.05, 0.1) is 28.7 Å². The maximum Gasteiger partial charge on any atom is 0.244 e. The average Bonchev–Trinajstić information content (AvgIpc) is 2.75. The van der Waals surface area contributed by atoms with Crippen molar-refractivity contribution in [2.45, 2.75) is 20.0 Å². The molecule has 1 amide bonds. The summed E-state index contributed by atoms with van der Waals surface area (Å²) in [6, 6.07) is 22.8. The molecule has 150 valence electrons. The fraction of sp³-hybridized carbons (Fsp3) is 0.125. The molecule has 0 aliphatic heterocycles. The van der Waals surface area contributed by atoms with Gasteiger partial charge in [-0.05, 0) is 58.2 Å². The van der Waals surface area contributed by atoms with Gasteiger partial charge in [-0.3, -0.25) is 4.79 Å². The predicted molar refractivity (Wildman–Crippen MR) is 120 cm³/mol. The molecular formula is C24H20BrN3O2. The monoisotopic (exact) mass is 461 g/mol. The molecule has 0 unspecified atom stereocenters. The van der Waals surface area contributed by atoms with Crippen molar-refractivity contribution in [3.05, 3.63) is 99.0 Å². The van der Waals surface area contributed by atoms with E-state index in [-0.39, 0.29) is 12.3 Å². The van der Waals surface area contributed by atoms with Crippen molar-refractivity contribution >= 4 is 28.1 Å². The van der Waals surface area contributed by atoms with Gasteiger partial charge >= 0.3 is 0 Å². The third kappa shape index (κ3) is 6.03. The van der Waals surface area contributed by atoms with Crippen LogP contribution in [-0.4, -0.2) is 12.1 Å². The first kappa shape index (κ1) is 21.3. The Morgan fingerprint density at radius 3 is 2.67 bits per heavy atom. The maximum atomic E-state index is 12.0. The molecule has 30 heavy (non-hydrogen) atoms. The third-order valence-corrected chi connectivity index (χ3v) is 4.98. The first-order chi connectivity index (χ1) is 14.5. The van der Waals surface area contributed by atoms with Crippen LogP contribution in [-0.2, 0) is 17.8 Å². The summed E-state index contributed by atoms with van der Waals surface area (Å²) in [7, 11) is 0. The maximum absolute atomic E-state index is 12.0. The molecular weight excluding hydrogens is 442 g/mol. The molecule has 3 aromatic rings. The normalized spacial score (nSPS) is 10.6. The highest BCUT2D eigenvalue weighted by Gasteiger charge is 2.06. The summed E-state index contributed by atoms with van der Waals surface area (Å²) in [5.41, 5.74) is 6.87. The standard InChI is InChI=1S/C24H20BrN3O2/c1-17-6-8-18(9-7-17)13-24(29)28-27-15-19-10-11-23(22(25)12-19)30-16-21-5-3-2-4-20(21)14-26/h2-12,15H,13,16H2,1H3,(H,28,29)/b27-15+. The zero-order chi connectivity index (χ0) is 21.3. The number of nitrogens with zero attached hydrogens (tertiary/aromatic N) is 2. The van der Waals surface area contributed by atoms with E-state index in [1.165, 1.54) is 0 Å². The minimum absolute atomic E-state index is 0.176. The van der Waals surface area contributed by atoms with Crippen LogP contribution >= 0.6 is 15.9 Å². The van der Waals surface area contributed by atoms with Crippen LogP contribution in [0.5, 0.6) is 5.75 Å². The van der Waals surface area contributed by atoms with Crippen molar-refractivity contribution < 1.29 is 9.53 Å². The number of hydrogen-bond acceptors (Lipinski definition) is 4. The molecule has 3 rings (SSSR count). The summed E-state index contributed by atoms with van der Waals surface area (Å²) in [5.74, 6) is 0.480. The highest BCUT2D eigenvalue weighted by atomic mass is 79.9. The number of carbonyl (C=O) groups is 1. The predicted octanol–water partition coefficient (Wildman–Crippen LogP) is 4.90. The van der Waals surface area contributed by atoms with Crippen LogP contribution in [0.3, 0.4) is 0 Å². The van der Waals surface area contributed by atoms with Crippen LogP contribution in [0.4, 0.5) is 0 Å². The van der Waals surface area contributed by atoms with Crippen LogP contribution in [0.25, 0.3) is 0 Å². The Hall–Kier alpha value is -3.43. The van der Waals surface area contributed by atoms with E-state index in [0.717, 1.165) is 26.7 Å². The second kappa shape index (κ2) is 10.4. The van der Waals surface area contributed by atoms with Gasteiger partial charge in [0.1, 0.15) is 12.4 Å². The van der Waals surface area contributed by atoms with E-state index in [9.17, 15) is 4.79 Å². The van der Waals surface area contributed by atoms with E-state index in [1.807, 2.05) is 67.6 Å². The van der Waals surface area contributed by atoms with Gasteiger partial charge in [-0.15, -0.1) is 0 Å². The second-order valence-corrected chi connectivity index (χ2v) is 7.56. The number of benzene rings is 3. The number of nitriles is 1. The van der Waals surface area contributed by atoms with Crippen LogP contribution in [0, 0.1) is 18.3 Å². The highest BCUT2D eigenvalue weighted by Crippen LogP contribution is 2.26. The molecule has 0 saturated heterocycles. The van der Waals surface area contributed by atoms with Crippen molar-refractivity contribution in [1.82, 2.24) is 5.43 Å². The van der Waals surface area contributed by atoms with Gasteiger partial charge in [0.15, 0.2) is 0 Å². The number of aryl methyl sites for hydroxylation is 1. The van der Waals surface area contributed by atoms with Gasteiger partial charge in [0.25, 0.3) is 0 Å². The SMILES string of the molecule is Cc1ccc(CC(=O)N/N=C/c2ccc(OCc3ccccc3C#N)c(Br)c2)cc1. The Kier molecular flexibility index (Phi) is 7.36. The van der Waals surface area contributed by atoms with Crippen molar-refractivity contribution in [3.63, 3.8) is 0 Å². The minimum atomic E-state index is -0.176. The summed E-state index contributed by atoms with van der Waals surface area (Å²) in [6.45, 7) is 2.30. The van der Waals surface area contributed by atoms with Gasteiger partial charge in [0, 0.05) is 5.56 Å². The molecule has 0 saturated carbocycles. The number of nitrogens with one attached hydrogen (secondary N) is 1. The van der Waals surface area contributed by atoms with Crippen LogP contribution in [0.15, 0.2) is 76.3 Å². The summed E-state index contributed by atoms with van der Waals surface area (Å²) < 4.78 is 6.58. The number of ether oxygens (including phenoxy) is 1. The molecule has 0 fully saturated rings. The lowest BCUT2D eigenvalue weighted by atomic mass is 10.1. The van der Waals surface area contributed by atoms with E-state index in [2.05, 4.69) is 32.5 Å². The fourth-order valence-electron chi connectivity index (χ4n) is 2.73. The molecule has 0 radical (unpaired) electrons. The average molecular weight is 462 g/mol. The lowest BCUT2D eigenvalue weighted by Gasteiger charge is -2.10. The van der Waals surface area contributed by atoms with Gasteiger partial charge in [-0.2, -0.15) is 10.4 Å². The molecule has 0 atom stereocenters. The lowest BCUT2D eigenvalue weighted by Crippen LogP contribution is -2.19. The minimum Gasteiger partial charge on any atom is -0.488 e. The van der Waals surface area contributed by atoms with Gasteiger partial charge in [0.2, 0.25) is 5.91 Å². The molecule has 0 aromatic heterocycles. The largest absolute Gasteiger partial charge is 0.488 e. The molecule has 0 aliphatic carbocycles. The van der Waals surface area contributed by atoms with E-state index in [0.29, 0.717) is 17.9 Å². The number of rotatable bonds is 7. The molecule has 6 heteroatoms. The smallest absolute Gasteiger partial charge is 0.244 e. The Morgan fingerprint density at radius 1 is 1.17 bits per heavy atom. The summed E-state index contributed by atoms with van der Waals surface area (Å²) in [4.78, 5) is 12.0. The van der Waals surface area contributed by atoms with E-state index < -0.39 is 0 Å². The third-order valence-electron chi connectivity index (χ3n) is 4.37. The molecule has 0 aliphatic rings. The first-order valence-corrected chi connectivity index (χ1v) is 10.1. The molecule has 5 nitrogen and oxygen atoms in total. The number of halogens is 1. The Morgan fingerprint density at radius 2 is 1.93 bits per heavy atom. The Labute approximate surface area is 184 Å². The Balaban J connectivity index is 1.55. The van der Waals surface area contributed by atoms with Crippen molar-refractivity contribution in [1.29, 1.82) is 5.26 Å². The number of carbonyl (C=O) groups excluding carboxylic acids is 1. The van der Waals surface area contributed by atoms with E-state index in [1.54, 1.807) is 12.3 Å². The number of hydrogen-bond donors (Lipinski definition) is 1. The number of amides is 1. The quantitative estimate of drug-likeness (QED) is 0.401. The van der Waals surface area contributed by atoms with Gasteiger partial charge < -0.3 is 4.74 Å². The molecule has 0 spiro atoms. The summed E-state index contributed by atoms with van der Waals surface area (Å²) in [5, 5.41) is 13.2. The van der Waals surface area contributed by atoms with Crippen molar-refractivity contribution in [3.8, 4) is 11.8 Å². The van der Waals surface area contributed by atoms with Crippen LogP contribution in [0.1, 0.15) is 27.8 Å². The van der Waals surface area contributed by atoms with E-state index in [4.69, 9.17) is 10.00 Å². The van der Waals surface area contributed by atoms with Gasteiger partial charge in [-0.1, -0.05) is 48.0 Å². The van der Waals surface area contributed by atoms with Crippen LogP contribution < -0.4 is 10.2 Å². The topological polar surface area (TPSA) is 74.5 Å². The highest BCUT2D eigenvalue weighted by molar-refractivity contribution is 9.10. The zero-order valence-corrected chi connectivity index (χ0v) is 18.0. The fourth-order valence-corrected chi connectivity index (χ4v) is 3.25. The van der Waals surface area contributed by atoms with Gasteiger partial charge in [-0.25, -0.2) is 5.43 Å². The Bertz CT molecular complexity index is 1100. The molecule has 0 heterocycles. The van der Waals surface area contributed by atoms with E-state index >= 15 is 0 Å². The lowest BCUT2D eigenvalue weighted by molar-refractivity contribution is -0.120. The molecule has 3 aromatic carbocycles. The van der Waals surface area contributed by atoms with Crippen molar-refractivity contribution in [2.24, 2.45) is 5.10 Å². The molecule has 0 bridgehead atoms. The first-order valence-electron chi connectivity index (χ1n) is 9.33. The van der Waals surface area contributed by atoms with Crippen LogP contribution in [0.2, 0.25) is 0 Å². The summed E-state index contributed by atoms with van der Waals surface area (Å²) in [6.07, 6.45) is 1.85. The molecule has 1 N–H and O–H groups in total. The number of hydrazone groups is 1. The second-order valence-electron chi connectivity index (χ2n) is 6.70. The van der Waals surface area contributed by atoms with Crippen molar-refractivity contribution in [2.75, 3.05) is 0 Å². The zero-order valence-electron chi connectivity index (χ0n) is 16.4. The summed E-state index contributed by atoms with van der Waals surface area (Å²) >= 11 is 3.49.